The normalized spacial score (nSPS) is 11.0. The topological polar surface area (TPSA) is 113 Å². The predicted octanol–water partition coefficient (Wildman–Crippen LogP) is 2.09. The van der Waals surface area contributed by atoms with Crippen molar-refractivity contribution in [2.75, 3.05) is 11.3 Å². The number of carbonyl (C=O) groups is 2. The van der Waals surface area contributed by atoms with Crippen LogP contribution in [0.3, 0.4) is 0 Å². The number of carboxylic acids is 1. The first-order valence-electron chi connectivity index (χ1n) is 6.77. The van der Waals surface area contributed by atoms with E-state index in [0.717, 1.165) is 12.1 Å². The number of hydrogen-bond donors (Lipinski definition) is 3. The van der Waals surface area contributed by atoms with E-state index in [2.05, 4.69) is 10.0 Å². The van der Waals surface area contributed by atoms with Crippen molar-refractivity contribution < 1.29 is 27.5 Å². The summed E-state index contributed by atoms with van der Waals surface area (Å²) in [7, 11) is -4.18. The molecule has 25 heavy (non-hydrogen) atoms. The van der Waals surface area contributed by atoms with Gasteiger partial charge in [-0.05, 0) is 42.5 Å². The molecule has 7 nitrogen and oxygen atoms in total. The summed E-state index contributed by atoms with van der Waals surface area (Å²) in [6, 6.07) is 8.34. The van der Waals surface area contributed by atoms with Gasteiger partial charge in [0.2, 0.25) is 0 Å². The highest BCUT2D eigenvalue weighted by atomic mass is 35.5. The third-order valence-electron chi connectivity index (χ3n) is 2.98. The molecular formula is C15H12ClFN2O5S. The number of hydrogen-bond acceptors (Lipinski definition) is 4. The summed E-state index contributed by atoms with van der Waals surface area (Å²) in [6.45, 7) is -0.539. The third-order valence-corrected chi connectivity index (χ3v) is 4.63. The number of amides is 1. The molecule has 2 rings (SSSR count). The maximum Gasteiger partial charge on any atom is 0.322 e. The molecule has 0 radical (unpaired) electrons. The fourth-order valence-electron chi connectivity index (χ4n) is 1.85. The van der Waals surface area contributed by atoms with Gasteiger partial charge in [0, 0.05) is 16.3 Å². The van der Waals surface area contributed by atoms with Gasteiger partial charge >= 0.3 is 5.97 Å². The summed E-state index contributed by atoms with van der Waals surface area (Å²) in [6.07, 6.45) is 0. The van der Waals surface area contributed by atoms with E-state index in [9.17, 15) is 22.4 Å². The van der Waals surface area contributed by atoms with E-state index in [0.29, 0.717) is 0 Å². The fourth-order valence-corrected chi connectivity index (χ4v) is 3.13. The Morgan fingerprint density at radius 1 is 1.12 bits per heavy atom. The van der Waals surface area contributed by atoms with Crippen LogP contribution in [0.25, 0.3) is 0 Å². The second-order valence-electron chi connectivity index (χ2n) is 4.83. The lowest BCUT2D eigenvalue weighted by molar-refractivity contribution is -0.135. The molecule has 0 aromatic heterocycles. The molecule has 10 heteroatoms. The summed E-state index contributed by atoms with van der Waals surface area (Å²) < 4.78 is 40.3. The van der Waals surface area contributed by atoms with Crippen LogP contribution in [-0.2, 0) is 14.8 Å². The minimum atomic E-state index is -4.18. The van der Waals surface area contributed by atoms with Gasteiger partial charge in [0.1, 0.15) is 17.3 Å². The van der Waals surface area contributed by atoms with E-state index in [1.807, 2.05) is 0 Å². The highest BCUT2D eigenvalue weighted by molar-refractivity contribution is 7.92. The predicted molar refractivity (Wildman–Crippen MR) is 88.6 cm³/mol. The Kier molecular flexibility index (Phi) is 5.60. The Morgan fingerprint density at radius 2 is 1.76 bits per heavy atom. The maximum absolute atomic E-state index is 13.8. The molecule has 0 aliphatic heterocycles. The lowest BCUT2D eigenvalue weighted by Crippen LogP contribution is -2.29. The second kappa shape index (κ2) is 7.49. The summed E-state index contributed by atoms with van der Waals surface area (Å²) >= 11 is 5.59. The van der Waals surface area contributed by atoms with Gasteiger partial charge in [-0.3, -0.25) is 14.3 Å². The minimum Gasteiger partial charge on any atom is -0.480 e. The number of nitrogens with one attached hydrogen (secondary N) is 2. The van der Waals surface area contributed by atoms with Crippen LogP contribution >= 0.6 is 11.6 Å². The lowest BCUT2D eigenvalue weighted by atomic mass is 10.2. The van der Waals surface area contributed by atoms with Crippen LogP contribution in [0.1, 0.15) is 10.4 Å². The summed E-state index contributed by atoms with van der Waals surface area (Å²) in [5, 5.41) is 10.7. The molecule has 2 aromatic rings. The Hall–Kier alpha value is -2.65. The first kappa shape index (κ1) is 18.7. The van der Waals surface area contributed by atoms with Crippen LogP contribution in [0.15, 0.2) is 47.4 Å². The number of rotatable bonds is 6. The largest absolute Gasteiger partial charge is 0.480 e. The Morgan fingerprint density at radius 3 is 2.32 bits per heavy atom. The zero-order valence-corrected chi connectivity index (χ0v) is 14.1. The summed E-state index contributed by atoms with van der Waals surface area (Å²) in [4.78, 5) is 21.5. The van der Waals surface area contributed by atoms with Crippen molar-refractivity contribution in [2.24, 2.45) is 0 Å². The zero-order valence-electron chi connectivity index (χ0n) is 12.5. The Balaban J connectivity index is 2.15. The fraction of sp³-hybridized carbons (Fsp3) is 0.0667. The molecule has 0 atom stereocenters. The number of anilines is 1. The van der Waals surface area contributed by atoms with Crippen molar-refractivity contribution in [3.63, 3.8) is 0 Å². The standard InChI is InChI=1S/C15H12ClFN2O5S/c16-10-3-6-13(12(17)7-10)25(23,24)19-11-4-1-9(2-5-11)15(22)18-8-14(20)21/h1-7,19H,8H2,(H,18,22)(H,20,21). The van der Waals surface area contributed by atoms with Crippen LogP contribution in [0.5, 0.6) is 0 Å². The number of aliphatic carboxylic acids is 1. The quantitative estimate of drug-likeness (QED) is 0.703. The molecule has 0 saturated heterocycles. The monoisotopic (exact) mass is 386 g/mol. The van der Waals surface area contributed by atoms with E-state index in [1.165, 1.54) is 30.3 Å². The number of benzene rings is 2. The molecule has 0 spiro atoms. The molecule has 0 aliphatic rings. The van der Waals surface area contributed by atoms with Crippen molar-refractivity contribution in [2.45, 2.75) is 4.90 Å². The van der Waals surface area contributed by atoms with Gasteiger partial charge in [0.05, 0.1) is 0 Å². The average molecular weight is 387 g/mol. The zero-order chi connectivity index (χ0) is 18.6. The van der Waals surface area contributed by atoms with E-state index < -0.39 is 39.2 Å². The summed E-state index contributed by atoms with van der Waals surface area (Å²) in [5.74, 6) is -2.81. The minimum absolute atomic E-state index is 0.0631. The smallest absolute Gasteiger partial charge is 0.322 e. The van der Waals surface area contributed by atoms with Crippen LogP contribution in [0.2, 0.25) is 5.02 Å². The van der Waals surface area contributed by atoms with Crippen molar-refractivity contribution >= 4 is 39.2 Å². The number of carbonyl (C=O) groups excluding carboxylic acids is 1. The Bertz CT molecular complexity index is 916. The molecule has 0 saturated carbocycles. The molecule has 0 bridgehead atoms. The molecule has 0 unspecified atom stereocenters. The van der Waals surface area contributed by atoms with E-state index in [4.69, 9.17) is 16.7 Å². The molecule has 132 valence electrons. The first-order chi connectivity index (χ1) is 11.7. The van der Waals surface area contributed by atoms with E-state index >= 15 is 0 Å². The van der Waals surface area contributed by atoms with Crippen molar-refractivity contribution in [1.29, 1.82) is 0 Å². The highest BCUT2D eigenvalue weighted by Gasteiger charge is 2.19. The van der Waals surface area contributed by atoms with Crippen molar-refractivity contribution in [3.05, 3.63) is 58.9 Å². The van der Waals surface area contributed by atoms with Gasteiger partial charge in [-0.15, -0.1) is 0 Å². The third kappa shape index (κ3) is 4.91. The van der Waals surface area contributed by atoms with Crippen LogP contribution in [-0.4, -0.2) is 31.9 Å². The van der Waals surface area contributed by atoms with Crippen LogP contribution in [0, 0.1) is 5.82 Å². The van der Waals surface area contributed by atoms with Crippen LogP contribution < -0.4 is 10.0 Å². The molecule has 0 fully saturated rings. The average Bonchev–Trinajstić information content (AvgIpc) is 2.52. The molecule has 2 aromatic carbocycles. The van der Waals surface area contributed by atoms with E-state index in [-0.39, 0.29) is 16.3 Å². The summed E-state index contributed by atoms with van der Waals surface area (Å²) in [5.41, 5.74) is 0.242. The van der Waals surface area contributed by atoms with Gasteiger partial charge in [-0.25, -0.2) is 12.8 Å². The number of sulfonamides is 1. The van der Waals surface area contributed by atoms with Gasteiger partial charge in [-0.1, -0.05) is 11.6 Å². The Labute approximate surface area is 147 Å². The van der Waals surface area contributed by atoms with Crippen molar-refractivity contribution in [1.82, 2.24) is 5.32 Å². The lowest BCUT2D eigenvalue weighted by Gasteiger charge is -2.10. The number of carboxylic acid groups (broad SMARTS) is 1. The van der Waals surface area contributed by atoms with Gasteiger partial charge in [0.25, 0.3) is 15.9 Å². The van der Waals surface area contributed by atoms with Gasteiger partial charge < -0.3 is 10.4 Å². The first-order valence-corrected chi connectivity index (χ1v) is 8.63. The second-order valence-corrected chi connectivity index (χ2v) is 6.92. The molecule has 3 N–H and O–H groups in total. The molecular weight excluding hydrogens is 375 g/mol. The maximum atomic E-state index is 13.8. The SMILES string of the molecule is O=C(O)CNC(=O)c1ccc(NS(=O)(=O)c2ccc(Cl)cc2F)cc1. The van der Waals surface area contributed by atoms with Gasteiger partial charge in [-0.2, -0.15) is 0 Å². The molecule has 0 aliphatic carbocycles. The molecule has 1 amide bonds. The van der Waals surface area contributed by atoms with Gasteiger partial charge in [0.15, 0.2) is 0 Å². The number of halogens is 2. The van der Waals surface area contributed by atoms with E-state index in [1.54, 1.807) is 0 Å². The highest BCUT2D eigenvalue weighted by Crippen LogP contribution is 2.22. The van der Waals surface area contributed by atoms with Crippen molar-refractivity contribution in [3.8, 4) is 0 Å². The molecule has 0 heterocycles. The van der Waals surface area contributed by atoms with Crippen LogP contribution in [0.4, 0.5) is 10.1 Å².